The van der Waals surface area contributed by atoms with Crippen LogP contribution >= 0.6 is 0 Å². The molecule has 2 atom stereocenters. The van der Waals surface area contributed by atoms with Gasteiger partial charge in [0, 0.05) is 18.5 Å². The zero-order valence-electron chi connectivity index (χ0n) is 14.0. The molecule has 2 unspecified atom stereocenters. The van der Waals surface area contributed by atoms with Crippen LogP contribution in [0.5, 0.6) is 5.75 Å². The summed E-state index contributed by atoms with van der Waals surface area (Å²) in [5, 5.41) is 3.02. The van der Waals surface area contributed by atoms with Gasteiger partial charge in [0.05, 0.1) is 7.11 Å². The van der Waals surface area contributed by atoms with Crippen molar-refractivity contribution in [3.8, 4) is 16.9 Å². The largest absolute Gasteiger partial charge is 0.497 e. The summed E-state index contributed by atoms with van der Waals surface area (Å²) < 4.78 is 5.18. The molecule has 0 radical (unpaired) electrons. The number of rotatable bonds is 5. The van der Waals surface area contributed by atoms with Gasteiger partial charge >= 0.3 is 0 Å². The molecule has 0 bridgehead atoms. The van der Waals surface area contributed by atoms with E-state index < -0.39 is 0 Å². The Morgan fingerprint density at radius 1 is 1.08 bits per heavy atom. The topological polar surface area (TPSA) is 64.3 Å². The Labute approximate surface area is 143 Å². The fraction of sp³-hybridized carbons (Fsp3) is 0.350. The first-order valence-corrected chi connectivity index (χ1v) is 8.42. The number of methoxy groups -OCH3 is 1. The summed E-state index contributed by atoms with van der Waals surface area (Å²) in [5.74, 6) is 1.06. The Morgan fingerprint density at radius 3 is 2.25 bits per heavy atom. The van der Waals surface area contributed by atoms with Crippen LogP contribution in [-0.2, 0) is 11.3 Å². The van der Waals surface area contributed by atoms with Gasteiger partial charge in [-0.05, 0) is 48.1 Å². The monoisotopic (exact) mass is 324 g/mol. The highest BCUT2D eigenvalue weighted by atomic mass is 16.5. The molecule has 4 nitrogen and oxygen atoms in total. The van der Waals surface area contributed by atoms with Crippen LogP contribution in [0.1, 0.15) is 24.8 Å². The van der Waals surface area contributed by atoms with Crippen LogP contribution in [0.2, 0.25) is 0 Å². The molecule has 0 aromatic heterocycles. The highest BCUT2D eigenvalue weighted by molar-refractivity contribution is 5.79. The third kappa shape index (κ3) is 3.95. The van der Waals surface area contributed by atoms with E-state index in [0.717, 1.165) is 41.7 Å². The normalized spacial score (nSPS) is 19.9. The van der Waals surface area contributed by atoms with Crippen molar-refractivity contribution < 1.29 is 9.53 Å². The van der Waals surface area contributed by atoms with Gasteiger partial charge in [-0.3, -0.25) is 4.79 Å². The Hall–Kier alpha value is -2.33. The van der Waals surface area contributed by atoms with Gasteiger partial charge in [-0.1, -0.05) is 36.4 Å². The Kier molecular flexibility index (Phi) is 5.16. The van der Waals surface area contributed by atoms with Crippen LogP contribution in [0.3, 0.4) is 0 Å². The summed E-state index contributed by atoms with van der Waals surface area (Å²) in [6, 6.07) is 16.4. The van der Waals surface area contributed by atoms with Crippen LogP contribution < -0.4 is 15.8 Å². The summed E-state index contributed by atoms with van der Waals surface area (Å²) in [7, 11) is 1.66. The number of amides is 1. The average Bonchev–Trinajstić information content (AvgIpc) is 3.07. The summed E-state index contributed by atoms with van der Waals surface area (Å²) in [6.07, 6.45) is 2.67. The van der Waals surface area contributed by atoms with Gasteiger partial charge in [0.2, 0.25) is 5.91 Å². The van der Waals surface area contributed by atoms with Crippen molar-refractivity contribution in [3.63, 3.8) is 0 Å². The minimum atomic E-state index is 0.0820. The second-order valence-corrected chi connectivity index (χ2v) is 6.41. The molecular weight excluding hydrogens is 300 g/mol. The average molecular weight is 324 g/mol. The van der Waals surface area contributed by atoms with E-state index in [1.54, 1.807) is 7.11 Å². The predicted molar refractivity (Wildman–Crippen MR) is 95.6 cm³/mol. The lowest BCUT2D eigenvalue weighted by Crippen LogP contribution is -2.29. The molecule has 1 aliphatic rings. The second kappa shape index (κ2) is 7.49. The number of nitrogens with two attached hydrogens (primary N) is 1. The van der Waals surface area contributed by atoms with E-state index in [1.807, 2.05) is 24.3 Å². The molecule has 0 heterocycles. The number of carbonyl (C=O) groups excluding carboxylic acids is 1. The van der Waals surface area contributed by atoms with Crippen molar-refractivity contribution in [2.45, 2.75) is 31.8 Å². The molecule has 0 saturated heterocycles. The first kappa shape index (κ1) is 16.5. The van der Waals surface area contributed by atoms with Crippen LogP contribution in [0.15, 0.2) is 48.5 Å². The van der Waals surface area contributed by atoms with E-state index in [4.69, 9.17) is 10.5 Å². The summed E-state index contributed by atoms with van der Waals surface area (Å²) >= 11 is 0. The minimum Gasteiger partial charge on any atom is -0.497 e. The molecule has 2 aromatic rings. The summed E-state index contributed by atoms with van der Waals surface area (Å²) in [6.45, 7) is 0.563. The molecule has 1 amide bonds. The lowest BCUT2D eigenvalue weighted by atomic mass is 10.0. The molecule has 3 N–H and O–H groups in total. The molecular formula is C20H24N2O2. The first-order valence-electron chi connectivity index (χ1n) is 8.42. The van der Waals surface area contributed by atoms with E-state index in [1.165, 1.54) is 0 Å². The van der Waals surface area contributed by atoms with E-state index in [-0.39, 0.29) is 17.9 Å². The van der Waals surface area contributed by atoms with Crippen LogP contribution in [0.25, 0.3) is 11.1 Å². The smallest absolute Gasteiger partial charge is 0.223 e. The maximum Gasteiger partial charge on any atom is 0.223 e. The maximum atomic E-state index is 12.1. The molecule has 0 aliphatic heterocycles. The zero-order chi connectivity index (χ0) is 16.9. The fourth-order valence-electron chi connectivity index (χ4n) is 3.19. The number of hydrogen-bond acceptors (Lipinski definition) is 3. The van der Waals surface area contributed by atoms with Crippen molar-refractivity contribution in [1.29, 1.82) is 0 Å². The molecule has 4 heteroatoms. The molecule has 1 fully saturated rings. The number of carbonyl (C=O) groups is 1. The van der Waals surface area contributed by atoms with Crippen molar-refractivity contribution in [3.05, 3.63) is 54.1 Å². The SMILES string of the molecule is COc1ccc(-c2ccc(CNC(=O)C3CCC(N)C3)cc2)cc1. The highest BCUT2D eigenvalue weighted by Gasteiger charge is 2.27. The van der Waals surface area contributed by atoms with Crippen molar-refractivity contribution >= 4 is 5.91 Å². The minimum absolute atomic E-state index is 0.0820. The molecule has 0 spiro atoms. The molecule has 2 aromatic carbocycles. The zero-order valence-corrected chi connectivity index (χ0v) is 14.0. The predicted octanol–water partition coefficient (Wildman–Crippen LogP) is 3.11. The number of hydrogen-bond donors (Lipinski definition) is 2. The number of ether oxygens (including phenoxy) is 1. The Bertz CT molecular complexity index is 680. The van der Waals surface area contributed by atoms with Crippen LogP contribution in [0, 0.1) is 5.92 Å². The van der Waals surface area contributed by atoms with Gasteiger partial charge in [0.15, 0.2) is 0 Å². The third-order valence-corrected chi connectivity index (χ3v) is 4.69. The molecule has 3 rings (SSSR count). The summed E-state index contributed by atoms with van der Waals surface area (Å²) in [4.78, 5) is 12.1. The second-order valence-electron chi connectivity index (χ2n) is 6.41. The van der Waals surface area contributed by atoms with Gasteiger partial charge in [0.1, 0.15) is 5.75 Å². The molecule has 24 heavy (non-hydrogen) atoms. The lowest BCUT2D eigenvalue weighted by molar-refractivity contribution is -0.125. The maximum absolute atomic E-state index is 12.1. The van der Waals surface area contributed by atoms with Crippen molar-refractivity contribution in [2.75, 3.05) is 7.11 Å². The van der Waals surface area contributed by atoms with Crippen LogP contribution in [0.4, 0.5) is 0 Å². The standard InChI is InChI=1S/C20H24N2O2/c1-24-19-10-7-16(8-11-19)15-4-2-14(3-5-15)13-22-20(23)17-6-9-18(21)12-17/h2-5,7-8,10-11,17-18H,6,9,12-13,21H2,1H3,(H,22,23). The van der Waals surface area contributed by atoms with Gasteiger partial charge in [0.25, 0.3) is 0 Å². The van der Waals surface area contributed by atoms with E-state index in [9.17, 15) is 4.79 Å². The van der Waals surface area contributed by atoms with E-state index in [0.29, 0.717) is 6.54 Å². The Morgan fingerprint density at radius 2 is 1.71 bits per heavy atom. The third-order valence-electron chi connectivity index (χ3n) is 4.69. The Balaban J connectivity index is 1.57. The van der Waals surface area contributed by atoms with E-state index >= 15 is 0 Å². The summed E-state index contributed by atoms with van der Waals surface area (Å²) in [5.41, 5.74) is 9.26. The van der Waals surface area contributed by atoms with Gasteiger partial charge in [-0.15, -0.1) is 0 Å². The van der Waals surface area contributed by atoms with Crippen LogP contribution in [-0.4, -0.2) is 19.1 Å². The van der Waals surface area contributed by atoms with Crippen molar-refractivity contribution in [2.24, 2.45) is 11.7 Å². The lowest BCUT2D eigenvalue weighted by Gasteiger charge is -2.11. The molecule has 126 valence electrons. The van der Waals surface area contributed by atoms with Crippen molar-refractivity contribution in [1.82, 2.24) is 5.32 Å². The number of benzene rings is 2. The van der Waals surface area contributed by atoms with E-state index in [2.05, 4.69) is 29.6 Å². The number of nitrogens with one attached hydrogen (secondary N) is 1. The molecule has 1 aliphatic carbocycles. The van der Waals surface area contributed by atoms with Gasteiger partial charge in [-0.25, -0.2) is 0 Å². The quantitative estimate of drug-likeness (QED) is 0.888. The van der Waals surface area contributed by atoms with Gasteiger partial charge < -0.3 is 15.8 Å². The highest BCUT2D eigenvalue weighted by Crippen LogP contribution is 2.25. The van der Waals surface area contributed by atoms with Gasteiger partial charge in [-0.2, -0.15) is 0 Å². The molecule has 1 saturated carbocycles. The fourth-order valence-corrected chi connectivity index (χ4v) is 3.19. The first-order chi connectivity index (χ1) is 11.7.